The molecular weight excluding hydrogens is 166 g/mol. The first-order chi connectivity index (χ1) is 5.97. The fourth-order valence-electron chi connectivity index (χ4n) is 1.39. The van der Waals surface area contributed by atoms with Crippen LogP contribution in [0.2, 0.25) is 0 Å². The first-order valence-corrected chi connectivity index (χ1v) is 4.64. The van der Waals surface area contributed by atoms with Gasteiger partial charge < -0.3 is 14.9 Å². The van der Waals surface area contributed by atoms with E-state index in [0.717, 1.165) is 13.1 Å². The van der Waals surface area contributed by atoms with Gasteiger partial charge in [-0.15, -0.1) is 0 Å². The van der Waals surface area contributed by atoms with E-state index in [1.165, 1.54) is 4.90 Å². The number of quaternary nitrogens is 1. The normalized spacial score (nSPS) is 15.5. The van der Waals surface area contributed by atoms with E-state index >= 15 is 0 Å². The minimum absolute atomic E-state index is 0.199. The highest BCUT2D eigenvalue weighted by Gasteiger charge is 2.23. The summed E-state index contributed by atoms with van der Waals surface area (Å²) in [6.45, 7) is 1.81. The van der Waals surface area contributed by atoms with Crippen molar-refractivity contribution >= 4 is 5.90 Å². The van der Waals surface area contributed by atoms with E-state index in [2.05, 4.69) is 24.0 Å². The SMILES string of the molecule is C[NH+]=C(O)C(CN(C)C)C[NH+](C)C. The molecule has 0 saturated carbocycles. The van der Waals surface area contributed by atoms with Crippen LogP contribution in [0.4, 0.5) is 0 Å². The van der Waals surface area contributed by atoms with E-state index in [1.54, 1.807) is 7.05 Å². The van der Waals surface area contributed by atoms with Crippen molar-refractivity contribution in [1.29, 1.82) is 0 Å². The molecule has 3 N–H and O–H groups in total. The van der Waals surface area contributed by atoms with E-state index in [-0.39, 0.29) is 5.92 Å². The maximum atomic E-state index is 9.58. The molecule has 0 aliphatic rings. The molecule has 0 radical (unpaired) electrons. The first-order valence-electron chi connectivity index (χ1n) is 4.64. The Kier molecular flexibility index (Phi) is 5.66. The maximum absolute atomic E-state index is 9.58. The van der Waals surface area contributed by atoms with Crippen molar-refractivity contribution in [2.24, 2.45) is 5.92 Å². The van der Waals surface area contributed by atoms with E-state index < -0.39 is 0 Å². The van der Waals surface area contributed by atoms with Crippen molar-refractivity contribution in [3.8, 4) is 0 Å². The summed E-state index contributed by atoms with van der Waals surface area (Å²) in [5.41, 5.74) is 0. The van der Waals surface area contributed by atoms with Crippen LogP contribution in [0.25, 0.3) is 0 Å². The molecule has 0 amide bonds. The Balaban J connectivity index is 4.19. The molecule has 1 atom stereocenters. The van der Waals surface area contributed by atoms with E-state index in [9.17, 15) is 5.11 Å². The summed E-state index contributed by atoms with van der Waals surface area (Å²) in [6.07, 6.45) is 0. The van der Waals surface area contributed by atoms with E-state index in [0.29, 0.717) is 5.90 Å². The lowest BCUT2D eigenvalue weighted by Crippen LogP contribution is -3.07. The molecule has 0 aromatic carbocycles. The quantitative estimate of drug-likeness (QED) is 0.318. The van der Waals surface area contributed by atoms with Gasteiger partial charge in [-0.3, -0.25) is 0 Å². The Morgan fingerprint density at radius 3 is 2.31 bits per heavy atom. The molecule has 0 heterocycles. The molecule has 0 bridgehead atoms. The molecule has 0 aliphatic carbocycles. The molecular formula is C9H23N3O+2. The Morgan fingerprint density at radius 1 is 1.46 bits per heavy atom. The summed E-state index contributed by atoms with van der Waals surface area (Å²) in [4.78, 5) is 6.23. The molecule has 0 aromatic heterocycles. The van der Waals surface area contributed by atoms with Crippen molar-refractivity contribution in [2.75, 3.05) is 48.3 Å². The number of aliphatic hydroxyl groups is 1. The number of hydrogen-bond donors (Lipinski definition) is 3. The smallest absolute Gasteiger partial charge is 0.342 e. The Hall–Kier alpha value is -0.610. The van der Waals surface area contributed by atoms with Gasteiger partial charge in [-0.25, -0.2) is 4.99 Å². The van der Waals surface area contributed by atoms with Crippen LogP contribution in [0.3, 0.4) is 0 Å². The van der Waals surface area contributed by atoms with Crippen molar-refractivity contribution in [3.63, 3.8) is 0 Å². The van der Waals surface area contributed by atoms with Crippen molar-refractivity contribution < 1.29 is 15.0 Å². The molecule has 4 nitrogen and oxygen atoms in total. The lowest BCUT2D eigenvalue weighted by molar-refractivity contribution is -0.861. The molecule has 0 aromatic rings. The second kappa shape index (κ2) is 5.94. The van der Waals surface area contributed by atoms with Gasteiger partial charge in [0.05, 0.1) is 20.6 Å². The van der Waals surface area contributed by atoms with E-state index in [1.807, 2.05) is 14.1 Å². The number of aliphatic hydroxyl groups excluding tert-OH is 1. The minimum Gasteiger partial charge on any atom is -0.463 e. The second-order valence-corrected chi connectivity index (χ2v) is 4.01. The fourth-order valence-corrected chi connectivity index (χ4v) is 1.39. The Labute approximate surface area is 80.9 Å². The fraction of sp³-hybridized carbons (Fsp3) is 0.889. The summed E-state index contributed by atoms with van der Waals surface area (Å²) in [5, 5.41) is 9.58. The summed E-state index contributed by atoms with van der Waals surface area (Å²) in [6, 6.07) is 0. The second-order valence-electron chi connectivity index (χ2n) is 4.01. The number of nitrogens with one attached hydrogen (secondary N) is 2. The lowest BCUT2D eigenvalue weighted by Gasteiger charge is -2.18. The van der Waals surface area contributed by atoms with Gasteiger partial charge in [0.1, 0.15) is 13.0 Å². The van der Waals surface area contributed by atoms with Crippen LogP contribution in [-0.2, 0) is 0 Å². The standard InChI is InChI=1S/C9H21N3O/c1-10-9(13)8(6-11(2)3)7-12(4)5/h8H,6-7H2,1-5H3,(H,10,13)/p+2. The molecule has 0 saturated heterocycles. The van der Waals surface area contributed by atoms with Crippen LogP contribution in [0, 0.1) is 5.92 Å². The third-order valence-electron chi connectivity index (χ3n) is 1.88. The van der Waals surface area contributed by atoms with Crippen LogP contribution in [0.1, 0.15) is 0 Å². The topological polar surface area (TPSA) is 41.9 Å². The van der Waals surface area contributed by atoms with Crippen molar-refractivity contribution in [1.82, 2.24) is 4.90 Å². The summed E-state index contributed by atoms with van der Waals surface area (Å²) in [7, 11) is 9.96. The highest BCUT2D eigenvalue weighted by molar-refractivity contribution is 5.70. The van der Waals surface area contributed by atoms with Crippen molar-refractivity contribution in [2.45, 2.75) is 0 Å². The lowest BCUT2D eigenvalue weighted by atomic mass is 10.1. The van der Waals surface area contributed by atoms with Gasteiger partial charge >= 0.3 is 5.90 Å². The number of hydrogen-bond acceptors (Lipinski definition) is 1. The van der Waals surface area contributed by atoms with Gasteiger partial charge in [0, 0.05) is 6.54 Å². The molecule has 13 heavy (non-hydrogen) atoms. The van der Waals surface area contributed by atoms with Gasteiger partial charge in [0.15, 0.2) is 0 Å². The average Bonchev–Trinajstić information content (AvgIpc) is 2.00. The predicted molar refractivity (Wildman–Crippen MR) is 54.2 cm³/mol. The molecule has 4 heteroatoms. The van der Waals surface area contributed by atoms with Gasteiger partial charge in [-0.05, 0) is 14.1 Å². The van der Waals surface area contributed by atoms with Crippen LogP contribution in [0.5, 0.6) is 0 Å². The Morgan fingerprint density at radius 2 is 2.00 bits per heavy atom. The first kappa shape index (κ1) is 12.4. The third-order valence-corrected chi connectivity index (χ3v) is 1.88. The zero-order chi connectivity index (χ0) is 10.4. The molecule has 1 unspecified atom stereocenters. The third kappa shape index (κ3) is 5.60. The van der Waals surface area contributed by atoms with Gasteiger partial charge in [0.25, 0.3) is 0 Å². The van der Waals surface area contributed by atoms with E-state index in [4.69, 9.17) is 0 Å². The van der Waals surface area contributed by atoms with Gasteiger partial charge in [-0.2, -0.15) is 0 Å². The van der Waals surface area contributed by atoms with Crippen molar-refractivity contribution in [3.05, 3.63) is 0 Å². The van der Waals surface area contributed by atoms with Gasteiger partial charge in [0.2, 0.25) is 0 Å². The molecule has 0 spiro atoms. The monoisotopic (exact) mass is 189 g/mol. The molecule has 0 rings (SSSR count). The van der Waals surface area contributed by atoms with Crippen LogP contribution in [0.15, 0.2) is 0 Å². The molecule has 0 fully saturated rings. The highest BCUT2D eigenvalue weighted by atomic mass is 16.3. The van der Waals surface area contributed by atoms with Gasteiger partial charge in [-0.1, -0.05) is 0 Å². The number of nitrogens with zero attached hydrogens (tertiary/aromatic N) is 1. The highest BCUT2D eigenvalue weighted by Crippen LogP contribution is 1.93. The number of rotatable bonds is 5. The zero-order valence-electron chi connectivity index (χ0n) is 9.39. The summed E-state index contributed by atoms with van der Waals surface area (Å²) < 4.78 is 0. The maximum Gasteiger partial charge on any atom is 0.342 e. The predicted octanol–water partition coefficient (Wildman–Crippen LogP) is -3.02. The Bertz CT molecular complexity index is 156. The summed E-state index contributed by atoms with van der Waals surface area (Å²) >= 11 is 0. The molecule has 0 aliphatic heterocycles. The summed E-state index contributed by atoms with van der Waals surface area (Å²) in [5.74, 6) is 0.583. The largest absolute Gasteiger partial charge is 0.463 e. The average molecular weight is 189 g/mol. The van der Waals surface area contributed by atoms with Crippen LogP contribution >= 0.6 is 0 Å². The van der Waals surface area contributed by atoms with Crippen LogP contribution in [-0.4, -0.2) is 64.2 Å². The zero-order valence-corrected chi connectivity index (χ0v) is 9.39. The minimum atomic E-state index is 0.199. The molecule has 78 valence electrons. The van der Waals surface area contributed by atoms with Crippen LogP contribution < -0.4 is 9.89 Å².